The summed E-state index contributed by atoms with van der Waals surface area (Å²) in [6.45, 7) is 5.61. The van der Waals surface area contributed by atoms with E-state index in [1.165, 1.54) is 13.3 Å². The van der Waals surface area contributed by atoms with Gasteiger partial charge >= 0.3 is 6.09 Å². The van der Waals surface area contributed by atoms with Gasteiger partial charge in [-0.3, -0.25) is 0 Å². The van der Waals surface area contributed by atoms with Crippen LogP contribution in [0.2, 0.25) is 0 Å². The molecule has 2 aromatic rings. The lowest BCUT2D eigenvalue weighted by Gasteiger charge is -2.24. The van der Waals surface area contributed by atoms with Gasteiger partial charge in [0.05, 0.1) is 19.3 Å². The second kappa shape index (κ2) is 8.29. The van der Waals surface area contributed by atoms with Crippen LogP contribution in [0.5, 0.6) is 11.6 Å². The topological polar surface area (TPSA) is 96.8 Å². The molecule has 2 heterocycles. The van der Waals surface area contributed by atoms with E-state index >= 15 is 0 Å². The zero-order valence-corrected chi connectivity index (χ0v) is 17.1. The molecule has 0 spiro atoms. The van der Waals surface area contributed by atoms with Crippen molar-refractivity contribution in [2.45, 2.75) is 38.3 Å². The number of aromatic hydroxyl groups is 1. The third kappa shape index (κ3) is 4.87. The van der Waals surface area contributed by atoms with E-state index in [9.17, 15) is 18.7 Å². The van der Waals surface area contributed by atoms with Gasteiger partial charge in [0, 0.05) is 19.0 Å². The maximum Gasteiger partial charge on any atom is 0.407 e. The fraction of sp³-hybridized carbons (Fsp3) is 0.450. The second-order valence-electron chi connectivity index (χ2n) is 7.99. The summed E-state index contributed by atoms with van der Waals surface area (Å²) in [6, 6.07) is 2.61. The lowest BCUT2D eigenvalue weighted by Crippen LogP contribution is -2.43. The number of amides is 1. The Balaban J connectivity index is 1.91. The van der Waals surface area contributed by atoms with Crippen molar-refractivity contribution in [1.29, 1.82) is 0 Å². The van der Waals surface area contributed by atoms with Gasteiger partial charge in [-0.2, -0.15) is 4.98 Å². The van der Waals surface area contributed by atoms with Gasteiger partial charge in [0.15, 0.2) is 5.75 Å². The number of hydrogen-bond donors (Lipinski definition) is 2. The highest BCUT2D eigenvalue weighted by Gasteiger charge is 2.38. The molecule has 0 bridgehead atoms. The molecule has 0 saturated carbocycles. The Bertz CT molecular complexity index is 936. The maximum atomic E-state index is 14.5. The molecule has 10 heteroatoms. The first-order valence-electron chi connectivity index (χ1n) is 9.37. The minimum atomic E-state index is -0.713. The molecule has 1 aromatic heterocycles. The summed E-state index contributed by atoms with van der Waals surface area (Å²) in [7, 11) is 1.35. The first-order valence-corrected chi connectivity index (χ1v) is 9.37. The number of benzene rings is 1. The smallest absolute Gasteiger partial charge is 0.407 e. The minimum absolute atomic E-state index is 0.0166. The van der Waals surface area contributed by atoms with E-state index in [1.54, 1.807) is 25.7 Å². The molecular weight excluding hydrogens is 398 g/mol. The summed E-state index contributed by atoms with van der Waals surface area (Å²) in [5.74, 6) is -1.77. The molecule has 0 radical (unpaired) electrons. The Morgan fingerprint density at radius 3 is 2.70 bits per heavy atom. The van der Waals surface area contributed by atoms with E-state index in [2.05, 4.69) is 15.3 Å². The number of methoxy groups -OCH3 is 1. The highest BCUT2D eigenvalue weighted by molar-refractivity contribution is 5.68. The number of halogens is 2. The molecule has 30 heavy (non-hydrogen) atoms. The molecule has 2 N–H and O–H groups in total. The van der Waals surface area contributed by atoms with Crippen LogP contribution in [0, 0.1) is 11.6 Å². The van der Waals surface area contributed by atoms with Crippen molar-refractivity contribution in [3.63, 3.8) is 0 Å². The van der Waals surface area contributed by atoms with Crippen molar-refractivity contribution < 1.29 is 28.2 Å². The highest BCUT2D eigenvalue weighted by Crippen LogP contribution is 2.33. The number of rotatable bonds is 4. The summed E-state index contributed by atoms with van der Waals surface area (Å²) < 4.78 is 38.6. The van der Waals surface area contributed by atoms with Gasteiger partial charge in [-0.1, -0.05) is 0 Å². The molecule has 8 nitrogen and oxygen atoms in total. The zero-order valence-electron chi connectivity index (χ0n) is 17.1. The average molecular weight is 422 g/mol. The van der Waals surface area contributed by atoms with Crippen LogP contribution in [0.3, 0.4) is 0 Å². The molecule has 0 unspecified atom stereocenters. The van der Waals surface area contributed by atoms with Gasteiger partial charge in [0.2, 0.25) is 5.95 Å². The molecule has 0 aliphatic carbocycles. The molecule has 1 saturated heterocycles. The molecule has 162 valence electrons. The number of aromatic nitrogens is 2. The summed E-state index contributed by atoms with van der Waals surface area (Å²) in [6.07, 6.45) is 0.522. The highest BCUT2D eigenvalue weighted by atomic mass is 19.1. The SMILES string of the molecule is COc1nc(N2C[C@H](NC(=O)OC(C)(C)C)[C@@H](c3cc(F)ccc3F)C2)ncc1O. The number of hydrogen-bond acceptors (Lipinski definition) is 7. The van der Waals surface area contributed by atoms with Gasteiger partial charge < -0.3 is 24.8 Å². The molecular formula is C20H24F2N4O4. The number of ether oxygens (including phenoxy) is 2. The number of nitrogens with zero attached hydrogens (tertiary/aromatic N) is 3. The average Bonchev–Trinajstić information content (AvgIpc) is 3.06. The van der Waals surface area contributed by atoms with Gasteiger partial charge in [-0.05, 0) is 44.5 Å². The Morgan fingerprint density at radius 1 is 1.30 bits per heavy atom. The normalized spacial score (nSPS) is 18.9. The van der Waals surface area contributed by atoms with Gasteiger partial charge in [-0.15, -0.1) is 0 Å². The summed E-state index contributed by atoms with van der Waals surface area (Å²) in [5, 5.41) is 12.5. The lowest BCUT2D eigenvalue weighted by molar-refractivity contribution is 0.0504. The van der Waals surface area contributed by atoms with Crippen molar-refractivity contribution in [2.75, 3.05) is 25.1 Å². The van der Waals surface area contributed by atoms with E-state index < -0.39 is 35.3 Å². The van der Waals surface area contributed by atoms with E-state index in [-0.39, 0.29) is 36.2 Å². The monoisotopic (exact) mass is 422 g/mol. The van der Waals surface area contributed by atoms with Crippen LogP contribution in [0.1, 0.15) is 32.3 Å². The second-order valence-corrected chi connectivity index (χ2v) is 7.99. The van der Waals surface area contributed by atoms with Crippen LogP contribution in [0.4, 0.5) is 19.5 Å². The van der Waals surface area contributed by atoms with Gasteiger partial charge in [0.25, 0.3) is 5.88 Å². The standard InChI is InChI=1S/C20H24F2N4O4/c1-20(2,3)30-19(28)24-15-10-26(18-23-8-16(27)17(25-18)29-4)9-13(15)12-7-11(21)5-6-14(12)22/h5-8,13,15,27H,9-10H2,1-4H3,(H,24,28)/t13-,15+/m1/s1. The molecule has 1 fully saturated rings. The number of carbonyl (C=O) groups excluding carboxylic acids is 1. The third-order valence-corrected chi connectivity index (χ3v) is 4.58. The van der Waals surface area contributed by atoms with Crippen LogP contribution >= 0.6 is 0 Å². The predicted octanol–water partition coefficient (Wildman–Crippen LogP) is 2.97. The summed E-state index contributed by atoms with van der Waals surface area (Å²) >= 11 is 0. The summed E-state index contributed by atoms with van der Waals surface area (Å²) in [5.41, 5.74) is -0.584. The number of nitrogens with one attached hydrogen (secondary N) is 1. The van der Waals surface area contributed by atoms with E-state index in [0.717, 1.165) is 18.2 Å². The molecule has 1 amide bonds. The molecule has 1 aromatic carbocycles. The lowest BCUT2D eigenvalue weighted by atomic mass is 9.94. The van der Waals surface area contributed by atoms with Crippen LogP contribution in [0.25, 0.3) is 0 Å². The third-order valence-electron chi connectivity index (χ3n) is 4.58. The Morgan fingerprint density at radius 2 is 2.03 bits per heavy atom. The van der Waals surface area contributed by atoms with Crippen LogP contribution < -0.4 is 15.0 Å². The van der Waals surface area contributed by atoms with Crippen molar-refractivity contribution in [3.8, 4) is 11.6 Å². The van der Waals surface area contributed by atoms with Crippen LogP contribution in [0.15, 0.2) is 24.4 Å². The Labute approximate surface area is 172 Å². The fourth-order valence-electron chi connectivity index (χ4n) is 3.34. The van der Waals surface area contributed by atoms with Crippen LogP contribution in [-0.4, -0.2) is 53.0 Å². The van der Waals surface area contributed by atoms with Crippen molar-refractivity contribution in [2.24, 2.45) is 0 Å². The van der Waals surface area contributed by atoms with Gasteiger partial charge in [-0.25, -0.2) is 18.6 Å². The van der Waals surface area contributed by atoms with E-state index in [0.29, 0.717) is 0 Å². The summed E-state index contributed by atoms with van der Waals surface area (Å²) in [4.78, 5) is 22.2. The van der Waals surface area contributed by atoms with Crippen LogP contribution in [-0.2, 0) is 4.74 Å². The predicted molar refractivity (Wildman–Crippen MR) is 105 cm³/mol. The molecule has 2 atom stereocenters. The van der Waals surface area contributed by atoms with E-state index in [4.69, 9.17) is 9.47 Å². The Kier molecular flexibility index (Phi) is 5.95. The van der Waals surface area contributed by atoms with Crippen molar-refractivity contribution in [1.82, 2.24) is 15.3 Å². The number of anilines is 1. The quantitative estimate of drug-likeness (QED) is 0.782. The fourth-order valence-corrected chi connectivity index (χ4v) is 3.34. The van der Waals surface area contributed by atoms with E-state index in [1.807, 2.05) is 0 Å². The first kappa shape index (κ1) is 21.5. The zero-order chi connectivity index (χ0) is 22.1. The maximum absolute atomic E-state index is 14.5. The number of carbonyl (C=O) groups is 1. The first-order chi connectivity index (χ1) is 14.1. The molecule has 1 aliphatic rings. The van der Waals surface area contributed by atoms with Crippen molar-refractivity contribution in [3.05, 3.63) is 41.6 Å². The van der Waals surface area contributed by atoms with Gasteiger partial charge in [0.1, 0.15) is 17.2 Å². The molecule has 3 rings (SSSR count). The molecule has 1 aliphatic heterocycles. The van der Waals surface area contributed by atoms with Crippen molar-refractivity contribution >= 4 is 12.0 Å². The Hall–Kier alpha value is -3.17. The minimum Gasteiger partial charge on any atom is -0.502 e. The largest absolute Gasteiger partial charge is 0.502 e. The number of alkyl carbamates (subject to hydrolysis) is 1.